The van der Waals surface area contributed by atoms with Crippen LogP contribution >= 0.6 is 0 Å². The van der Waals surface area contributed by atoms with Crippen LogP contribution in [0, 0.1) is 5.92 Å². The van der Waals surface area contributed by atoms with E-state index in [9.17, 15) is 0 Å². The lowest BCUT2D eigenvalue weighted by atomic mass is 10.0. The number of hydrogen-bond acceptors (Lipinski definition) is 4. The molecule has 4 N–H and O–H groups in total. The Bertz CT molecular complexity index is 344. The molecule has 96 valence electrons. The summed E-state index contributed by atoms with van der Waals surface area (Å²) in [6.45, 7) is 7.19. The minimum atomic E-state index is 0.197. The fourth-order valence-corrected chi connectivity index (χ4v) is 1.92. The van der Waals surface area contributed by atoms with E-state index < -0.39 is 0 Å². The zero-order valence-corrected chi connectivity index (χ0v) is 10.7. The molecule has 5 nitrogen and oxygen atoms in total. The monoisotopic (exact) mass is 237 g/mol. The van der Waals surface area contributed by atoms with Crippen LogP contribution in [0.3, 0.4) is 0 Å². The van der Waals surface area contributed by atoms with E-state index in [1.165, 1.54) is 0 Å². The van der Waals surface area contributed by atoms with E-state index in [1.54, 1.807) is 0 Å². The molecule has 1 aromatic heterocycles. The molecule has 2 heterocycles. The predicted octanol–water partition coefficient (Wildman–Crippen LogP) is 0.813. The molecule has 0 spiro atoms. The topological polar surface area (TPSA) is 67.9 Å². The van der Waals surface area contributed by atoms with Crippen LogP contribution in [0.15, 0.2) is 12.3 Å². The van der Waals surface area contributed by atoms with Crippen LogP contribution in [0.25, 0.3) is 0 Å². The van der Waals surface area contributed by atoms with Crippen LogP contribution < -0.4 is 16.4 Å². The van der Waals surface area contributed by atoms with Gasteiger partial charge in [-0.15, -0.1) is 0 Å². The summed E-state index contributed by atoms with van der Waals surface area (Å²) in [7, 11) is 0. The number of nitrogens with zero attached hydrogens (tertiary/aromatic N) is 2. The van der Waals surface area contributed by atoms with Crippen molar-refractivity contribution in [2.24, 2.45) is 11.7 Å². The molecule has 1 aromatic rings. The number of hydrogen-bond donors (Lipinski definition) is 3. The molecule has 0 aliphatic carbocycles. The molecule has 0 saturated carbocycles. The maximum absolute atomic E-state index is 6.11. The first kappa shape index (κ1) is 12.4. The minimum absolute atomic E-state index is 0.197. The smallest absolute Gasteiger partial charge is 0.124 e. The van der Waals surface area contributed by atoms with Gasteiger partial charge in [-0.2, -0.15) is 5.10 Å². The normalized spacial score (nSPS) is 19.7. The highest BCUT2D eigenvalue weighted by atomic mass is 15.4. The van der Waals surface area contributed by atoms with E-state index in [0.717, 1.165) is 31.9 Å². The molecule has 1 fully saturated rings. The summed E-state index contributed by atoms with van der Waals surface area (Å²) in [6.07, 6.45) is 2.96. The first-order chi connectivity index (χ1) is 8.22. The molecular weight excluding hydrogens is 214 g/mol. The van der Waals surface area contributed by atoms with Gasteiger partial charge in [-0.3, -0.25) is 0 Å². The van der Waals surface area contributed by atoms with Crippen molar-refractivity contribution in [3.05, 3.63) is 12.3 Å². The van der Waals surface area contributed by atoms with Gasteiger partial charge in [-0.05, 0) is 5.92 Å². The second-order valence-electron chi connectivity index (χ2n) is 4.90. The maximum atomic E-state index is 6.11. The predicted molar refractivity (Wildman–Crippen MR) is 70.1 cm³/mol. The van der Waals surface area contributed by atoms with Crippen LogP contribution in [0.5, 0.6) is 0 Å². The molecule has 1 aliphatic rings. The van der Waals surface area contributed by atoms with Gasteiger partial charge in [0.05, 0.1) is 12.2 Å². The van der Waals surface area contributed by atoms with E-state index >= 15 is 0 Å². The van der Waals surface area contributed by atoms with Crippen molar-refractivity contribution in [1.82, 2.24) is 15.1 Å². The first-order valence-corrected chi connectivity index (χ1v) is 6.46. The van der Waals surface area contributed by atoms with Gasteiger partial charge in [0.25, 0.3) is 0 Å². The quantitative estimate of drug-likeness (QED) is 0.685. The summed E-state index contributed by atoms with van der Waals surface area (Å²) in [5.41, 5.74) is 6.11. The van der Waals surface area contributed by atoms with Crippen molar-refractivity contribution < 1.29 is 0 Å². The van der Waals surface area contributed by atoms with Crippen LogP contribution in [0.2, 0.25) is 0 Å². The van der Waals surface area contributed by atoms with Gasteiger partial charge in [0, 0.05) is 31.7 Å². The lowest BCUT2D eigenvalue weighted by Crippen LogP contribution is -2.44. The van der Waals surface area contributed by atoms with Gasteiger partial charge in [0.2, 0.25) is 0 Å². The Morgan fingerprint density at radius 1 is 1.65 bits per heavy atom. The Kier molecular flexibility index (Phi) is 4.02. The van der Waals surface area contributed by atoms with Crippen molar-refractivity contribution in [2.75, 3.05) is 25.0 Å². The van der Waals surface area contributed by atoms with Crippen LogP contribution in [0.1, 0.15) is 26.3 Å². The molecule has 0 aromatic carbocycles. The molecule has 1 aliphatic heterocycles. The first-order valence-electron chi connectivity index (χ1n) is 6.46. The fourth-order valence-electron chi connectivity index (χ4n) is 1.92. The highest BCUT2D eigenvalue weighted by molar-refractivity contribution is 5.35. The van der Waals surface area contributed by atoms with Crippen LogP contribution in [-0.4, -0.2) is 35.5 Å². The second-order valence-corrected chi connectivity index (χ2v) is 4.90. The van der Waals surface area contributed by atoms with Crippen molar-refractivity contribution in [1.29, 1.82) is 0 Å². The second kappa shape index (κ2) is 5.51. The van der Waals surface area contributed by atoms with Crippen molar-refractivity contribution >= 4 is 5.82 Å². The van der Waals surface area contributed by atoms with Crippen molar-refractivity contribution in [3.8, 4) is 0 Å². The largest absolute Gasteiger partial charge is 0.369 e. The van der Waals surface area contributed by atoms with Crippen LogP contribution in [0.4, 0.5) is 5.82 Å². The lowest BCUT2D eigenvalue weighted by Gasteiger charge is -2.29. The molecule has 17 heavy (non-hydrogen) atoms. The number of nitrogens with one attached hydrogen (secondary N) is 2. The highest BCUT2D eigenvalue weighted by Gasteiger charge is 2.21. The number of anilines is 1. The molecule has 1 saturated heterocycles. The van der Waals surface area contributed by atoms with E-state index in [2.05, 4.69) is 34.3 Å². The fraction of sp³-hybridized carbons (Fsp3) is 0.750. The third kappa shape index (κ3) is 2.79. The van der Waals surface area contributed by atoms with Gasteiger partial charge in [0.15, 0.2) is 0 Å². The van der Waals surface area contributed by atoms with Gasteiger partial charge in [-0.1, -0.05) is 20.3 Å². The van der Waals surface area contributed by atoms with Gasteiger partial charge in [0.1, 0.15) is 5.82 Å². The Hall–Kier alpha value is -1.07. The van der Waals surface area contributed by atoms with Crippen molar-refractivity contribution in [3.63, 3.8) is 0 Å². The third-order valence-corrected chi connectivity index (χ3v) is 3.67. The molecule has 0 unspecified atom stereocenters. The molecule has 0 radical (unpaired) electrons. The Balaban J connectivity index is 1.88. The zero-order chi connectivity index (χ0) is 12.3. The summed E-state index contributed by atoms with van der Waals surface area (Å²) in [5, 5.41) is 11.0. The molecule has 2 rings (SSSR count). The van der Waals surface area contributed by atoms with Gasteiger partial charge in [-0.25, -0.2) is 4.68 Å². The summed E-state index contributed by atoms with van der Waals surface area (Å²) < 4.78 is 2.06. The third-order valence-electron chi connectivity index (χ3n) is 3.67. The lowest BCUT2D eigenvalue weighted by molar-refractivity contribution is 0.321. The zero-order valence-electron chi connectivity index (χ0n) is 10.7. The highest BCUT2D eigenvalue weighted by Crippen LogP contribution is 2.17. The molecule has 5 heteroatoms. The SMILES string of the molecule is CC[C@H](C)[C@H](N)CNc1ccnn1C1CNC1. The number of aromatic nitrogens is 2. The Labute approximate surface area is 103 Å². The van der Waals surface area contributed by atoms with E-state index in [1.807, 2.05) is 12.3 Å². The summed E-state index contributed by atoms with van der Waals surface area (Å²) in [6, 6.07) is 2.71. The minimum Gasteiger partial charge on any atom is -0.369 e. The molecule has 2 atom stereocenters. The van der Waals surface area contributed by atoms with E-state index in [4.69, 9.17) is 5.73 Å². The Morgan fingerprint density at radius 3 is 3.00 bits per heavy atom. The van der Waals surface area contributed by atoms with Gasteiger partial charge >= 0.3 is 0 Å². The van der Waals surface area contributed by atoms with E-state index in [-0.39, 0.29) is 6.04 Å². The summed E-state index contributed by atoms with van der Waals surface area (Å²) in [5.74, 6) is 1.62. The Morgan fingerprint density at radius 2 is 2.41 bits per heavy atom. The average molecular weight is 237 g/mol. The standard InChI is InChI=1S/C12H23N5/c1-3-9(2)11(13)8-15-12-4-5-16-17(12)10-6-14-7-10/h4-5,9-11,14-15H,3,6-8,13H2,1-2H3/t9-,11+/m0/s1. The van der Waals surface area contributed by atoms with Gasteiger partial charge < -0.3 is 16.4 Å². The van der Waals surface area contributed by atoms with Crippen molar-refractivity contribution in [2.45, 2.75) is 32.4 Å². The van der Waals surface area contributed by atoms with E-state index in [0.29, 0.717) is 12.0 Å². The molecular formula is C12H23N5. The summed E-state index contributed by atoms with van der Waals surface area (Å²) >= 11 is 0. The summed E-state index contributed by atoms with van der Waals surface area (Å²) in [4.78, 5) is 0. The maximum Gasteiger partial charge on any atom is 0.124 e. The molecule has 0 bridgehead atoms. The molecule has 0 amide bonds. The number of nitrogens with two attached hydrogens (primary N) is 1. The average Bonchev–Trinajstić information content (AvgIpc) is 2.70. The van der Waals surface area contributed by atoms with Crippen LogP contribution in [-0.2, 0) is 0 Å². The number of rotatable bonds is 6.